The number of nitrogens with two attached hydrogens (primary N) is 1. The van der Waals surface area contributed by atoms with E-state index in [2.05, 4.69) is 20.0 Å². The molecule has 2 atom stereocenters. The van der Waals surface area contributed by atoms with E-state index in [1.807, 2.05) is 0 Å². The van der Waals surface area contributed by atoms with Crippen LogP contribution in [0, 0.1) is 17.0 Å². The first kappa shape index (κ1) is 24.9. The van der Waals surface area contributed by atoms with Crippen molar-refractivity contribution in [2.45, 2.75) is 17.9 Å². The maximum absolute atomic E-state index is 15.4. The van der Waals surface area contributed by atoms with Gasteiger partial charge in [0, 0.05) is 23.5 Å². The summed E-state index contributed by atoms with van der Waals surface area (Å²) in [5, 5.41) is 11.7. The SMILES string of the molecule is COc1ncc(Cl)cc1S(=O)(=C=O)Nc1ccc(F)c(C(C)Nc2cnc(N)c(C=N)c2)c1F. The van der Waals surface area contributed by atoms with Crippen LogP contribution >= 0.6 is 11.6 Å². The highest BCUT2D eigenvalue weighted by Gasteiger charge is 2.25. The number of anilines is 3. The molecule has 13 heteroatoms. The van der Waals surface area contributed by atoms with Gasteiger partial charge in [0.15, 0.2) is 15.5 Å². The van der Waals surface area contributed by atoms with E-state index in [9.17, 15) is 13.4 Å². The lowest BCUT2D eigenvalue weighted by atomic mass is 10.1. The summed E-state index contributed by atoms with van der Waals surface area (Å²) in [5.74, 6) is -2.03. The summed E-state index contributed by atoms with van der Waals surface area (Å²) in [6, 6.07) is 3.69. The molecule has 0 aliphatic rings. The van der Waals surface area contributed by atoms with Crippen LogP contribution in [0.3, 0.4) is 0 Å². The van der Waals surface area contributed by atoms with Crippen LogP contribution in [0.15, 0.2) is 41.6 Å². The van der Waals surface area contributed by atoms with E-state index < -0.39 is 38.6 Å². The van der Waals surface area contributed by atoms with E-state index in [1.54, 1.807) is 0 Å². The summed E-state index contributed by atoms with van der Waals surface area (Å²) in [5.41, 5.74) is 5.52. The molecule has 5 N–H and O–H groups in total. The number of carbonyl (C=O) groups excluding carboxylic acids is 1. The Balaban J connectivity index is 2.01. The molecule has 178 valence electrons. The summed E-state index contributed by atoms with van der Waals surface area (Å²) in [4.78, 5) is 19.2. The third kappa shape index (κ3) is 4.93. The normalized spacial score (nSPS) is 13.3. The molecule has 2 unspecified atom stereocenters. The van der Waals surface area contributed by atoms with E-state index in [0.29, 0.717) is 11.3 Å². The smallest absolute Gasteiger partial charge is 0.231 e. The van der Waals surface area contributed by atoms with Gasteiger partial charge in [-0.3, -0.25) is 4.72 Å². The number of hydrogen-bond acceptors (Lipinski definition) is 8. The Kier molecular flexibility index (Phi) is 7.35. The maximum atomic E-state index is 15.4. The zero-order chi connectivity index (χ0) is 25.0. The molecule has 1 aromatic carbocycles. The standard InChI is InChI=1S/C21H19ClF2N6O3S/c1-11(29-14-5-12(7-25)20(26)27-9-14)18-15(23)3-4-16(19(18)24)30-34(32,10-31)17-6-13(22)8-28-21(17)33-2/h3-9,11,25,29H,1-2H3,(H2,26,27)(H,30,32). The first-order valence-electron chi connectivity index (χ1n) is 9.54. The van der Waals surface area contributed by atoms with Crippen LogP contribution in [0.4, 0.5) is 26.0 Å². The van der Waals surface area contributed by atoms with Crippen molar-refractivity contribution < 1.29 is 22.5 Å². The molecule has 2 heterocycles. The van der Waals surface area contributed by atoms with Gasteiger partial charge in [-0.1, -0.05) is 11.6 Å². The second-order valence-electron chi connectivity index (χ2n) is 6.93. The lowest BCUT2D eigenvalue weighted by Gasteiger charge is -2.20. The van der Waals surface area contributed by atoms with Crippen molar-refractivity contribution in [3.05, 3.63) is 64.4 Å². The van der Waals surface area contributed by atoms with Gasteiger partial charge in [0.1, 0.15) is 16.5 Å². The molecule has 0 aliphatic carbocycles. The maximum Gasteiger partial charge on any atom is 0.231 e. The predicted octanol–water partition coefficient (Wildman–Crippen LogP) is 3.91. The molecular formula is C21H19ClF2N6O3S. The van der Waals surface area contributed by atoms with Crippen molar-refractivity contribution in [3.8, 4) is 5.88 Å². The monoisotopic (exact) mass is 508 g/mol. The fraction of sp³-hybridized carbons (Fsp3) is 0.143. The highest BCUT2D eigenvalue weighted by atomic mass is 35.5. The summed E-state index contributed by atoms with van der Waals surface area (Å²) in [6.07, 6.45) is 3.56. The van der Waals surface area contributed by atoms with Crippen molar-refractivity contribution in [1.29, 1.82) is 5.41 Å². The molecule has 0 aliphatic heterocycles. The summed E-state index contributed by atoms with van der Waals surface area (Å²) in [7, 11) is -2.69. The molecule has 0 spiro atoms. The van der Waals surface area contributed by atoms with Gasteiger partial charge in [-0.25, -0.2) is 27.8 Å². The Labute approximate surface area is 199 Å². The van der Waals surface area contributed by atoms with E-state index in [0.717, 1.165) is 18.3 Å². The first-order valence-corrected chi connectivity index (χ1v) is 11.5. The molecule has 9 nitrogen and oxygen atoms in total. The number of halogens is 3. The van der Waals surface area contributed by atoms with Crippen molar-refractivity contribution >= 4 is 49.9 Å². The van der Waals surface area contributed by atoms with Gasteiger partial charge in [-0.2, -0.15) is 0 Å². The average molecular weight is 509 g/mol. The van der Waals surface area contributed by atoms with Gasteiger partial charge in [0.25, 0.3) is 0 Å². The molecule has 0 radical (unpaired) electrons. The van der Waals surface area contributed by atoms with Gasteiger partial charge in [0.2, 0.25) is 11.1 Å². The molecule has 0 amide bonds. The van der Waals surface area contributed by atoms with E-state index >= 15 is 4.39 Å². The van der Waals surface area contributed by atoms with E-state index in [1.165, 1.54) is 43.8 Å². The number of hydrogen-bond donors (Lipinski definition) is 4. The fourth-order valence-electron chi connectivity index (χ4n) is 3.10. The number of nitrogen functional groups attached to an aromatic ring is 1. The Morgan fingerprint density at radius 1 is 1.29 bits per heavy atom. The zero-order valence-corrected chi connectivity index (χ0v) is 19.4. The predicted molar refractivity (Wildman–Crippen MR) is 126 cm³/mol. The third-order valence-electron chi connectivity index (χ3n) is 4.71. The highest BCUT2D eigenvalue weighted by Crippen LogP contribution is 2.32. The number of ether oxygens (including phenoxy) is 1. The van der Waals surface area contributed by atoms with Gasteiger partial charge in [0.05, 0.1) is 35.7 Å². The molecule has 34 heavy (non-hydrogen) atoms. The topological polar surface area (TPSA) is 143 Å². The molecule has 0 saturated heterocycles. The van der Waals surface area contributed by atoms with Crippen molar-refractivity contribution in [2.24, 2.45) is 0 Å². The van der Waals surface area contributed by atoms with Gasteiger partial charge >= 0.3 is 0 Å². The van der Waals surface area contributed by atoms with Gasteiger partial charge in [-0.05, 0) is 31.2 Å². The number of pyridine rings is 2. The van der Waals surface area contributed by atoms with Gasteiger partial charge < -0.3 is 21.2 Å². The quantitative estimate of drug-likeness (QED) is 0.267. The largest absolute Gasteiger partial charge is 0.480 e. The Bertz CT molecular complexity index is 1410. The van der Waals surface area contributed by atoms with Crippen LogP contribution in [0.25, 0.3) is 0 Å². The fourth-order valence-corrected chi connectivity index (χ4v) is 4.70. The Hall–Kier alpha value is -3.73. The van der Waals surface area contributed by atoms with Crippen LogP contribution in [0.5, 0.6) is 5.88 Å². The average Bonchev–Trinajstić information content (AvgIpc) is 2.82. The molecule has 2 aromatic heterocycles. The minimum Gasteiger partial charge on any atom is -0.480 e. The van der Waals surface area contributed by atoms with Gasteiger partial charge in [-0.15, -0.1) is 0 Å². The molecular weight excluding hydrogens is 490 g/mol. The first-order chi connectivity index (χ1) is 16.1. The number of benzene rings is 1. The lowest BCUT2D eigenvalue weighted by molar-refractivity contribution is 0.386. The van der Waals surface area contributed by atoms with Crippen LogP contribution < -0.4 is 20.5 Å². The van der Waals surface area contributed by atoms with Crippen LogP contribution in [0.1, 0.15) is 24.1 Å². The number of nitrogens with zero attached hydrogens (tertiary/aromatic N) is 2. The molecule has 0 saturated carbocycles. The molecule has 3 rings (SSSR count). The second kappa shape index (κ2) is 10.0. The summed E-state index contributed by atoms with van der Waals surface area (Å²) < 4.78 is 50.7. The summed E-state index contributed by atoms with van der Waals surface area (Å²) in [6.45, 7) is 1.48. The van der Waals surface area contributed by atoms with Crippen molar-refractivity contribution in [1.82, 2.24) is 9.97 Å². The number of aromatic nitrogens is 2. The molecule has 0 fully saturated rings. The van der Waals surface area contributed by atoms with Crippen molar-refractivity contribution in [2.75, 3.05) is 22.9 Å². The zero-order valence-electron chi connectivity index (χ0n) is 17.9. The Morgan fingerprint density at radius 2 is 2.03 bits per heavy atom. The minimum absolute atomic E-state index is 0.0556. The molecule has 0 bridgehead atoms. The Morgan fingerprint density at radius 3 is 2.68 bits per heavy atom. The van der Waals surface area contributed by atoms with Crippen LogP contribution in [-0.2, 0) is 14.5 Å². The van der Waals surface area contributed by atoms with Crippen LogP contribution in [0.2, 0.25) is 5.02 Å². The van der Waals surface area contributed by atoms with E-state index in [-0.39, 0.29) is 21.6 Å². The van der Waals surface area contributed by atoms with E-state index in [4.69, 9.17) is 27.5 Å². The third-order valence-corrected chi connectivity index (χ3v) is 6.57. The minimum atomic E-state index is -3.93. The number of methoxy groups -OCH3 is 1. The van der Waals surface area contributed by atoms with Crippen molar-refractivity contribution in [3.63, 3.8) is 0 Å². The number of nitrogens with one attached hydrogen (secondary N) is 3. The number of rotatable bonds is 8. The highest BCUT2D eigenvalue weighted by molar-refractivity contribution is 8.02. The molecule has 3 aromatic rings. The van der Waals surface area contributed by atoms with Crippen LogP contribution in [-0.4, -0.2) is 32.7 Å². The second-order valence-corrected chi connectivity index (χ2v) is 9.29. The lowest BCUT2D eigenvalue weighted by Crippen LogP contribution is -2.18. The summed E-state index contributed by atoms with van der Waals surface area (Å²) >= 11 is 5.91.